The van der Waals surface area contributed by atoms with Crippen LogP contribution < -0.4 is 5.32 Å². The van der Waals surface area contributed by atoms with Crippen LogP contribution in [-0.4, -0.2) is 26.8 Å². The highest BCUT2D eigenvalue weighted by atomic mass is 16.6. The van der Waals surface area contributed by atoms with Gasteiger partial charge in [0, 0.05) is 30.3 Å². The van der Waals surface area contributed by atoms with Gasteiger partial charge in [-0.15, -0.1) is 0 Å². The lowest BCUT2D eigenvalue weighted by Crippen LogP contribution is -2.30. The molecule has 0 fully saturated rings. The lowest BCUT2D eigenvalue weighted by molar-refractivity contribution is -0.384. The molecule has 0 bridgehead atoms. The van der Waals surface area contributed by atoms with E-state index >= 15 is 0 Å². The molecule has 178 valence electrons. The van der Waals surface area contributed by atoms with Crippen LogP contribution in [0, 0.1) is 17.0 Å². The Morgan fingerprint density at radius 3 is 2.51 bits per heavy atom. The molecule has 0 saturated carbocycles. The highest BCUT2D eigenvalue weighted by Gasteiger charge is 2.22. The Bertz CT molecular complexity index is 1330. The number of aryl methyl sites for hydroxylation is 1. The standard InChI is InChI=1S/C25H22N4O6/c1-17-7-9-18(10-8-17)14-26-24(30)23-13-22(35-27-23)16-28(15-21-6-3-11-34-21)25(31)19-4-2-5-20(12-19)29(32)33/h2-13H,14-16H2,1H3,(H,26,30). The van der Waals surface area contributed by atoms with Gasteiger partial charge in [-0.3, -0.25) is 19.7 Å². The van der Waals surface area contributed by atoms with Crippen molar-refractivity contribution >= 4 is 17.5 Å². The number of aromatic nitrogens is 1. The van der Waals surface area contributed by atoms with Crippen LogP contribution in [0.3, 0.4) is 0 Å². The number of furan rings is 1. The number of amides is 2. The predicted octanol–water partition coefficient (Wildman–Crippen LogP) is 4.26. The van der Waals surface area contributed by atoms with E-state index in [0.29, 0.717) is 12.3 Å². The Hall–Kier alpha value is -4.73. The van der Waals surface area contributed by atoms with Crippen molar-refractivity contribution in [3.05, 3.63) is 117 Å². The summed E-state index contributed by atoms with van der Waals surface area (Å²) < 4.78 is 10.7. The second-order valence-corrected chi connectivity index (χ2v) is 7.89. The van der Waals surface area contributed by atoms with Crippen LogP contribution >= 0.6 is 0 Å². The zero-order valence-corrected chi connectivity index (χ0v) is 18.8. The SMILES string of the molecule is Cc1ccc(CNC(=O)c2cc(CN(Cc3ccco3)C(=O)c3cccc([N+](=O)[O-])c3)on2)cc1. The average molecular weight is 474 g/mol. The molecule has 2 heterocycles. The van der Waals surface area contributed by atoms with Gasteiger partial charge in [-0.1, -0.05) is 41.1 Å². The van der Waals surface area contributed by atoms with Crippen molar-refractivity contribution in [2.24, 2.45) is 0 Å². The quantitative estimate of drug-likeness (QED) is 0.283. The molecule has 0 radical (unpaired) electrons. The van der Waals surface area contributed by atoms with Crippen LogP contribution in [0.5, 0.6) is 0 Å². The van der Waals surface area contributed by atoms with Crippen molar-refractivity contribution in [3.8, 4) is 0 Å². The zero-order valence-electron chi connectivity index (χ0n) is 18.8. The van der Waals surface area contributed by atoms with E-state index in [1.165, 1.54) is 41.5 Å². The van der Waals surface area contributed by atoms with Gasteiger partial charge in [0.15, 0.2) is 11.5 Å². The molecule has 0 saturated heterocycles. The maximum Gasteiger partial charge on any atom is 0.273 e. The lowest BCUT2D eigenvalue weighted by atomic mass is 10.1. The summed E-state index contributed by atoms with van der Waals surface area (Å²) in [7, 11) is 0. The van der Waals surface area contributed by atoms with Crippen molar-refractivity contribution in [2.75, 3.05) is 0 Å². The molecule has 0 aliphatic carbocycles. The monoisotopic (exact) mass is 474 g/mol. The van der Waals surface area contributed by atoms with Gasteiger partial charge in [-0.05, 0) is 30.7 Å². The van der Waals surface area contributed by atoms with E-state index < -0.39 is 16.7 Å². The summed E-state index contributed by atoms with van der Waals surface area (Å²) in [6.07, 6.45) is 1.48. The Morgan fingerprint density at radius 1 is 1.03 bits per heavy atom. The third-order valence-corrected chi connectivity index (χ3v) is 5.23. The van der Waals surface area contributed by atoms with Gasteiger partial charge in [-0.2, -0.15) is 0 Å². The van der Waals surface area contributed by atoms with E-state index in [-0.39, 0.29) is 35.8 Å². The summed E-state index contributed by atoms with van der Waals surface area (Å²) in [5.41, 5.74) is 2.09. The van der Waals surface area contributed by atoms with Gasteiger partial charge in [0.1, 0.15) is 5.76 Å². The summed E-state index contributed by atoms with van der Waals surface area (Å²) >= 11 is 0. The highest BCUT2D eigenvalue weighted by molar-refractivity contribution is 5.95. The van der Waals surface area contributed by atoms with Crippen LogP contribution in [0.25, 0.3) is 0 Å². The number of benzene rings is 2. The molecule has 0 spiro atoms. The molecular formula is C25H22N4O6. The molecule has 0 aliphatic heterocycles. The zero-order chi connectivity index (χ0) is 24.8. The first-order chi connectivity index (χ1) is 16.9. The van der Waals surface area contributed by atoms with E-state index in [1.54, 1.807) is 12.1 Å². The smallest absolute Gasteiger partial charge is 0.273 e. The predicted molar refractivity (Wildman–Crippen MR) is 124 cm³/mol. The fraction of sp³-hybridized carbons (Fsp3) is 0.160. The number of carbonyl (C=O) groups is 2. The van der Waals surface area contributed by atoms with Crippen LogP contribution in [0.1, 0.15) is 43.5 Å². The van der Waals surface area contributed by atoms with Gasteiger partial charge in [0.25, 0.3) is 17.5 Å². The number of carbonyl (C=O) groups excluding carboxylic acids is 2. The van der Waals surface area contributed by atoms with Crippen molar-refractivity contribution < 1.29 is 23.5 Å². The number of non-ortho nitro benzene ring substituents is 1. The van der Waals surface area contributed by atoms with Crippen LogP contribution in [0.15, 0.2) is 81.9 Å². The summed E-state index contributed by atoms with van der Waals surface area (Å²) in [6.45, 7) is 2.38. The number of nitro groups is 1. The van der Waals surface area contributed by atoms with E-state index in [2.05, 4.69) is 10.5 Å². The Kier molecular flexibility index (Phi) is 7.01. The van der Waals surface area contributed by atoms with Gasteiger partial charge in [-0.25, -0.2) is 0 Å². The summed E-state index contributed by atoms with van der Waals surface area (Å²) in [6, 6.07) is 18.1. The first-order valence-corrected chi connectivity index (χ1v) is 10.7. The Balaban J connectivity index is 1.48. The second-order valence-electron chi connectivity index (χ2n) is 7.89. The van der Waals surface area contributed by atoms with Crippen molar-refractivity contribution in [3.63, 3.8) is 0 Å². The van der Waals surface area contributed by atoms with E-state index in [0.717, 1.165) is 11.1 Å². The van der Waals surface area contributed by atoms with Gasteiger partial charge < -0.3 is 19.2 Å². The maximum atomic E-state index is 13.2. The first-order valence-electron chi connectivity index (χ1n) is 10.7. The normalized spacial score (nSPS) is 10.7. The van der Waals surface area contributed by atoms with Crippen molar-refractivity contribution in [2.45, 2.75) is 26.6 Å². The second kappa shape index (κ2) is 10.5. The lowest BCUT2D eigenvalue weighted by Gasteiger charge is -2.20. The molecule has 1 N–H and O–H groups in total. The molecule has 10 nitrogen and oxygen atoms in total. The van der Waals surface area contributed by atoms with Crippen LogP contribution in [-0.2, 0) is 19.6 Å². The van der Waals surface area contributed by atoms with Crippen molar-refractivity contribution in [1.29, 1.82) is 0 Å². The van der Waals surface area contributed by atoms with E-state index in [4.69, 9.17) is 8.94 Å². The molecule has 10 heteroatoms. The van der Waals surface area contributed by atoms with Crippen LogP contribution in [0.4, 0.5) is 5.69 Å². The number of nitrogens with one attached hydrogen (secondary N) is 1. The number of hydrogen-bond donors (Lipinski definition) is 1. The third kappa shape index (κ3) is 5.99. The number of nitrogens with zero attached hydrogens (tertiary/aromatic N) is 3. The maximum absolute atomic E-state index is 13.2. The van der Waals surface area contributed by atoms with Crippen molar-refractivity contribution in [1.82, 2.24) is 15.4 Å². The molecule has 2 amide bonds. The van der Waals surface area contributed by atoms with Crippen LogP contribution in [0.2, 0.25) is 0 Å². The number of rotatable bonds is 9. The first kappa shape index (κ1) is 23.4. The Labute approximate surface area is 200 Å². The Morgan fingerprint density at radius 2 is 1.80 bits per heavy atom. The minimum atomic E-state index is -0.564. The minimum Gasteiger partial charge on any atom is -0.467 e. The molecule has 2 aromatic carbocycles. The third-order valence-electron chi connectivity index (χ3n) is 5.23. The molecule has 35 heavy (non-hydrogen) atoms. The number of nitro benzene ring substituents is 1. The van der Waals surface area contributed by atoms with E-state index in [1.807, 2.05) is 31.2 Å². The largest absolute Gasteiger partial charge is 0.467 e. The summed E-state index contributed by atoms with van der Waals surface area (Å²) in [5.74, 6) is -0.0924. The van der Waals surface area contributed by atoms with Gasteiger partial charge >= 0.3 is 0 Å². The molecule has 0 atom stereocenters. The topological polar surface area (TPSA) is 132 Å². The molecule has 2 aromatic heterocycles. The fourth-order valence-corrected chi connectivity index (χ4v) is 3.39. The van der Waals surface area contributed by atoms with Gasteiger partial charge in [0.05, 0.1) is 24.3 Å². The molecular weight excluding hydrogens is 452 g/mol. The molecule has 0 unspecified atom stereocenters. The summed E-state index contributed by atoms with van der Waals surface area (Å²) in [5, 5.41) is 17.7. The fourth-order valence-electron chi connectivity index (χ4n) is 3.39. The number of hydrogen-bond acceptors (Lipinski definition) is 7. The molecule has 0 aliphatic rings. The van der Waals surface area contributed by atoms with Gasteiger partial charge in [0.2, 0.25) is 0 Å². The average Bonchev–Trinajstić information content (AvgIpc) is 3.55. The molecule has 4 aromatic rings. The highest BCUT2D eigenvalue weighted by Crippen LogP contribution is 2.19. The molecule has 4 rings (SSSR count). The van der Waals surface area contributed by atoms with E-state index in [9.17, 15) is 19.7 Å². The minimum absolute atomic E-state index is 0.0273. The summed E-state index contributed by atoms with van der Waals surface area (Å²) in [4.78, 5) is 37.7.